The largest absolute Gasteiger partial charge is 0.457 e. The lowest BCUT2D eigenvalue weighted by Crippen LogP contribution is -2.34. The van der Waals surface area contributed by atoms with E-state index in [1.165, 1.54) is 30.3 Å². The minimum atomic E-state index is -4.49. The van der Waals surface area contributed by atoms with E-state index in [0.29, 0.717) is 5.56 Å². The Hall–Kier alpha value is -4.66. The van der Waals surface area contributed by atoms with Gasteiger partial charge in [0.15, 0.2) is 0 Å². The van der Waals surface area contributed by atoms with E-state index < -0.39 is 23.6 Å². The fraction of sp³-hybridized carbons (Fsp3) is 0.0741. The third kappa shape index (κ3) is 6.26. The quantitative estimate of drug-likeness (QED) is 0.337. The highest BCUT2D eigenvalue weighted by Gasteiger charge is 2.30. The summed E-state index contributed by atoms with van der Waals surface area (Å²) in [6.07, 6.45) is 0.0266. The monoisotopic (exact) mass is 491 g/mol. The summed E-state index contributed by atoms with van der Waals surface area (Å²) in [5.74, 6) is -0.748. The van der Waals surface area contributed by atoms with E-state index in [2.05, 4.69) is 15.6 Å². The summed E-state index contributed by atoms with van der Waals surface area (Å²) >= 11 is 0. The Morgan fingerprint density at radius 1 is 0.944 bits per heavy atom. The number of rotatable bonds is 7. The maximum Gasteiger partial charge on any atom is 0.416 e. The number of carbonyl (C=O) groups excluding carboxylic acids is 2. The van der Waals surface area contributed by atoms with Crippen LogP contribution in [0.5, 0.6) is 0 Å². The van der Waals surface area contributed by atoms with Gasteiger partial charge in [-0.3, -0.25) is 14.6 Å². The van der Waals surface area contributed by atoms with Crippen LogP contribution in [-0.2, 0) is 17.5 Å². The number of nitrogens with zero attached hydrogens (tertiary/aromatic N) is 1. The van der Waals surface area contributed by atoms with Crippen LogP contribution < -0.4 is 10.6 Å². The van der Waals surface area contributed by atoms with Crippen LogP contribution in [0.4, 0.5) is 13.2 Å². The molecule has 0 aliphatic rings. The molecule has 0 radical (unpaired) electrons. The number of hydrogen-bond donors (Lipinski definition) is 2. The molecule has 182 valence electrons. The van der Waals surface area contributed by atoms with Crippen molar-refractivity contribution in [3.8, 4) is 11.3 Å². The molecule has 6 nitrogen and oxygen atoms in total. The normalized spacial score (nSPS) is 11.7. The summed E-state index contributed by atoms with van der Waals surface area (Å²) in [6.45, 7) is 0.166. The third-order valence-corrected chi connectivity index (χ3v) is 5.09. The Bertz CT molecular complexity index is 1380. The number of halogens is 3. The van der Waals surface area contributed by atoms with Gasteiger partial charge in [0.25, 0.3) is 11.8 Å². The molecule has 9 heteroatoms. The number of pyridine rings is 1. The molecule has 0 aliphatic carbocycles. The second-order valence-corrected chi connectivity index (χ2v) is 7.70. The molecule has 0 aliphatic heterocycles. The Kier molecular flexibility index (Phi) is 7.29. The van der Waals surface area contributed by atoms with E-state index >= 15 is 0 Å². The van der Waals surface area contributed by atoms with Gasteiger partial charge in [-0.1, -0.05) is 36.4 Å². The van der Waals surface area contributed by atoms with Crippen LogP contribution in [0.1, 0.15) is 27.2 Å². The lowest BCUT2D eigenvalue weighted by molar-refractivity contribution is -0.137. The minimum Gasteiger partial charge on any atom is -0.457 e. The Morgan fingerprint density at radius 2 is 1.75 bits per heavy atom. The molecule has 0 spiro atoms. The molecule has 36 heavy (non-hydrogen) atoms. The summed E-state index contributed by atoms with van der Waals surface area (Å²) in [6, 6.07) is 19.6. The molecule has 2 aromatic carbocycles. The van der Waals surface area contributed by atoms with Crippen LogP contribution in [0.15, 0.2) is 101 Å². The Morgan fingerprint density at radius 3 is 2.47 bits per heavy atom. The average Bonchev–Trinajstić information content (AvgIpc) is 3.36. The SMILES string of the molecule is O=C(NCc1cccnc1)C(=Cc1ccc(-c2cccc(C(F)(F)F)c2)o1)NC(=O)c1ccccc1. The zero-order valence-electron chi connectivity index (χ0n) is 18.8. The van der Waals surface area contributed by atoms with Gasteiger partial charge in [0.2, 0.25) is 0 Å². The number of furan rings is 1. The standard InChI is InChI=1S/C27H20F3N3O3/c28-27(29,30)21-10-4-9-20(14-21)24-12-11-22(36-24)15-23(33-25(34)19-7-2-1-3-8-19)26(35)32-17-18-6-5-13-31-16-18/h1-16H,17H2,(H,32,35)(H,33,34). The fourth-order valence-corrected chi connectivity index (χ4v) is 3.30. The van der Waals surface area contributed by atoms with Gasteiger partial charge < -0.3 is 15.1 Å². The number of benzene rings is 2. The van der Waals surface area contributed by atoms with Gasteiger partial charge in [0.05, 0.1) is 5.56 Å². The molecule has 0 atom stereocenters. The first-order valence-electron chi connectivity index (χ1n) is 10.8. The summed E-state index contributed by atoms with van der Waals surface area (Å²) in [7, 11) is 0. The van der Waals surface area contributed by atoms with Gasteiger partial charge in [0, 0.05) is 36.1 Å². The maximum absolute atomic E-state index is 13.1. The molecule has 2 aromatic heterocycles. The number of aromatic nitrogens is 1. The predicted molar refractivity (Wildman–Crippen MR) is 127 cm³/mol. The molecule has 0 bridgehead atoms. The van der Waals surface area contributed by atoms with E-state index in [9.17, 15) is 22.8 Å². The summed E-state index contributed by atoms with van der Waals surface area (Å²) in [5, 5.41) is 5.29. The van der Waals surface area contributed by atoms with Crippen LogP contribution in [0.2, 0.25) is 0 Å². The second kappa shape index (κ2) is 10.7. The van der Waals surface area contributed by atoms with Gasteiger partial charge in [0.1, 0.15) is 17.2 Å². The highest BCUT2D eigenvalue weighted by Crippen LogP contribution is 2.32. The van der Waals surface area contributed by atoms with Gasteiger partial charge in [-0.25, -0.2) is 0 Å². The average molecular weight is 491 g/mol. The van der Waals surface area contributed by atoms with Crippen LogP contribution in [0, 0.1) is 0 Å². The minimum absolute atomic E-state index is 0.0994. The number of carbonyl (C=O) groups is 2. The number of hydrogen-bond acceptors (Lipinski definition) is 4. The van der Waals surface area contributed by atoms with E-state index in [0.717, 1.165) is 17.7 Å². The van der Waals surface area contributed by atoms with Crippen molar-refractivity contribution in [1.82, 2.24) is 15.6 Å². The van der Waals surface area contributed by atoms with Gasteiger partial charge >= 0.3 is 6.18 Å². The third-order valence-electron chi connectivity index (χ3n) is 5.09. The van der Waals surface area contributed by atoms with Crippen molar-refractivity contribution in [2.24, 2.45) is 0 Å². The van der Waals surface area contributed by atoms with Crippen molar-refractivity contribution < 1.29 is 27.2 Å². The number of amides is 2. The van der Waals surface area contributed by atoms with Crippen molar-refractivity contribution in [3.63, 3.8) is 0 Å². The van der Waals surface area contributed by atoms with Crippen LogP contribution in [0.3, 0.4) is 0 Å². The fourth-order valence-electron chi connectivity index (χ4n) is 3.30. The van der Waals surface area contributed by atoms with Gasteiger partial charge in [-0.05, 0) is 48.0 Å². The molecular weight excluding hydrogens is 471 g/mol. The second-order valence-electron chi connectivity index (χ2n) is 7.70. The zero-order chi connectivity index (χ0) is 25.5. The van der Waals surface area contributed by atoms with Crippen LogP contribution >= 0.6 is 0 Å². The highest BCUT2D eigenvalue weighted by molar-refractivity contribution is 6.05. The molecule has 0 unspecified atom stereocenters. The lowest BCUT2D eigenvalue weighted by atomic mass is 10.1. The van der Waals surface area contributed by atoms with Crippen LogP contribution in [-0.4, -0.2) is 16.8 Å². The highest BCUT2D eigenvalue weighted by atomic mass is 19.4. The summed E-state index contributed by atoms with van der Waals surface area (Å²) in [5.41, 5.74) is 0.411. The van der Waals surface area contributed by atoms with Gasteiger partial charge in [-0.2, -0.15) is 13.2 Å². The lowest BCUT2D eigenvalue weighted by Gasteiger charge is -2.11. The van der Waals surface area contributed by atoms with Crippen molar-refractivity contribution in [2.75, 3.05) is 0 Å². The molecule has 4 aromatic rings. The maximum atomic E-state index is 13.1. The Balaban J connectivity index is 1.59. The summed E-state index contributed by atoms with van der Waals surface area (Å²) < 4.78 is 44.9. The first-order valence-corrected chi connectivity index (χ1v) is 10.8. The molecule has 2 N–H and O–H groups in total. The van der Waals surface area contributed by atoms with E-state index in [-0.39, 0.29) is 29.3 Å². The van der Waals surface area contributed by atoms with E-state index in [1.807, 2.05) is 0 Å². The topological polar surface area (TPSA) is 84.2 Å². The molecule has 2 heterocycles. The van der Waals surface area contributed by atoms with Crippen molar-refractivity contribution in [2.45, 2.75) is 12.7 Å². The first-order chi connectivity index (χ1) is 17.3. The molecule has 4 rings (SSSR count). The molecule has 2 amide bonds. The first kappa shape index (κ1) is 24.5. The molecule has 0 saturated carbocycles. The van der Waals surface area contributed by atoms with Crippen molar-refractivity contribution >= 4 is 17.9 Å². The predicted octanol–water partition coefficient (Wildman–Crippen LogP) is 5.45. The zero-order valence-corrected chi connectivity index (χ0v) is 18.8. The Labute approximate surface area is 204 Å². The smallest absolute Gasteiger partial charge is 0.416 e. The van der Waals surface area contributed by atoms with Crippen molar-refractivity contribution in [1.29, 1.82) is 0 Å². The van der Waals surface area contributed by atoms with E-state index in [1.54, 1.807) is 54.9 Å². The number of alkyl halides is 3. The summed E-state index contributed by atoms with van der Waals surface area (Å²) in [4.78, 5) is 29.6. The van der Waals surface area contributed by atoms with Gasteiger partial charge in [-0.15, -0.1) is 0 Å². The molecule has 0 fully saturated rings. The molecule has 0 saturated heterocycles. The number of nitrogens with one attached hydrogen (secondary N) is 2. The molecular formula is C27H20F3N3O3. The van der Waals surface area contributed by atoms with Crippen molar-refractivity contribution in [3.05, 3.63) is 119 Å². The van der Waals surface area contributed by atoms with Crippen LogP contribution in [0.25, 0.3) is 17.4 Å². The van der Waals surface area contributed by atoms with E-state index in [4.69, 9.17) is 4.42 Å².